The topological polar surface area (TPSA) is 66.1 Å². The number of unbranched alkanes of at least 4 members (excludes halogenated alkanes) is 2. The maximum atomic E-state index is 8.70. The molecule has 1 heterocycles. The van der Waals surface area contributed by atoms with Crippen molar-refractivity contribution in [2.24, 2.45) is 7.05 Å². The lowest BCUT2D eigenvalue weighted by Gasteiger charge is -2.25. The summed E-state index contributed by atoms with van der Waals surface area (Å²) in [6, 6.07) is 14.0. The van der Waals surface area contributed by atoms with Crippen LogP contribution in [0, 0.1) is 11.3 Å². The second-order valence-electron chi connectivity index (χ2n) is 7.86. The van der Waals surface area contributed by atoms with Gasteiger partial charge in [0.2, 0.25) is 5.95 Å². The van der Waals surface area contributed by atoms with Crippen LogP contribution < -0.4 is 15.0 Å². The molecule has 1 aromatic heterocycles. The van der Waals surface area contributed by atoms with E-state index in [1.165, 1.54) is 5.69 Å². The van der Waals surface area contributed by atoms with Crippen LogP contribution in [0.15, 0.2) is 36.4 Å². The zero-order valence-electron chi connectivity index (χ0n) is 19.2. The number of halogens is 1. The predicted octanol–water partition coefficient (Wildman–Crippen LogP) is 6.67. The summed E-state index contributed by atoms with van der Waals surface area (Å²) in [5.74, 6) is 1.43. The van der Waals surface area contributed by atoms with Crippen molar-refractivity contribution in [3.05, 3.63) is 41.4 Å². The number of nitrogens with one attached hydrogen (secondary N) is 1. The molecule has 0 unspecified atom stereocenters. The summed E-state index contributed by atoms with van der Waals surface area (Å²) in [4.78, 5) is 7.29. The van der Waals surface area contributed by atoms with Crippen LogP contribution in [-0.4, -0.2) is 29.2 Å². The van der Waals surface area contributed by atoms with Gasteiger partial charge >= 0.3 is 0 Å². The highest BCUT2D eigenvalue weighted by Gasteiger charge is 2.17. The van der Waals surface area contributed by atoms with Gasteiger partial charge in [0, 0.05) is 37.6 Å². The third-order valence-corrected chi connectivity index (χ3v) is 5.57. The minimum atomic E-state index is 0.534. The standard InChI is InChI=1S/C25H32ClN5O/c1-4-15-31(16-5-2)22-11-9-10-21-24(22)30(3)25(29-21)28-20-13-12-19(26)18-23(20)32-17-8-6-7-14-27/h9-13,18H,4-8,15-17H2,1-3H3,(H,28,29). The Morgan fingerprint density at radius 3 is 2.66 bits per heavy atom. The number of hydrogen-bond donors (Lipinski definition) is 1. The van der Waals surface area contributed by atoms with Crippen LogP contribution in [0.2, 0.25) is 5.02 Å². The lowest BCUT2D eigenvalue weighted by atomic mass is 10.2. The molecule has 0 radical (unpaired) electrons. The third-order valence-electron chi connectivity index (χ3n) is 5.33. The number of imidazole rings is 1. The van der Waals surface area contributed by atoms with Gasteiger partial charge in [-0.15, -0.1) is 0 Å². The van der Waals surface area contributed by atoms with Crippen molar-refractivity contribution >= 4 is 40.0 Å². The van der Waals surface area contributed by atoms with Crippen molar-refractivity contribution in [2.75, 3.05) is 29.9 Å². The summed E-state index contributed by atoms with van der Waals surface area (Å²) in [7, 11) is 2.04. The Morgan fingerprint density at radius 1 is 1.16 bits per heavy atom. The first kappa shape index (κ1) is 23.7. The van der Waals surface area contributed by atoms with Gasteiger partial charge in [-0.2, -0.15) is 5.26 Å². The van der Waals surface area contributed by atoms with Gasteiger partial charge in [0.25, 0.3) is 0 Å². The highest BCUT2D eigenvalue weighted by Crippen LogP contribution is 2.34. The van der Waals surface area contributed by atoms with Crippen molar-refractivity contribution in [2.45, 2.75) is 46.0 Å². The predicted molar refractivity (Wildman–Crippen MR) is 133 cm³/mol. The van der Waals surface area contributed by atoms with E-state index in [-0.39, 0.29) is 0 Å². The van der Waals surface area contributed by atoms with Crippen molar-refractivity contribution in [3.63, 3.8) is 0 Å². The van der Waals surface area contributed by atoms with Gasteiger partial charge in [0.1, 0.15) is 5.75 Å². The van der Waals surface area contributed by atoms with Crippen LogP contribution in [0.25, 0.3) is 11.0 Å². The van der Waals surface area contributed by atoms with Gasteiger partial charge in [-0.05, 0) is 49.9 Å². The first-order valence-corrected chi connectivity index (χ1v) is 11.7. The van der Waals surface area contributed by atoms with E-state index in [0.717, 1.165) is 61.4 Å². The van der Waals surface area contributed by atoms with Crippen LogP contribution in [0.4, 0.5) is 17.3 Å². The number of aryl methyl sites for hydroxylation is 1. The Hall–Kier alpha value is -2.91. The minimum absolute atomic E-state index is 0.534. The Bertz CT molecular complexity index is 1070. The summed E-state index contributed by atoms with van der Waals surface area (Å²) >= 11 is 6.22. The van der Waals surface area contributed by atoms with E-state index in [4.69, 9.17) is 26.6 Å². The van der Waals surface area contributed by atoms with E-state index in [1.54, 1.807) is 0 Å². The summed E-state index contributed by atoms with van der Waals surface area (Å²) in [5, 5.41) is 12.7. The molecule has 0 fully saturated rings. The lowest BCUT2D eigenvalue weighted by molar-refractivity contribution is 0.309. The summed E-state index contributed by atoms with van der Waals surface area (Å²) in [6.45, 7) is 6.99. The molecule has 0 saturated carbocycles. The number of rotatable bonds is 12. The smallest absolute Gasteiger partial charge is 0.208 e. The van der Waals surface area contributed by atoms with Crippen LogP contribution in [-0.2, 0) is 7.05 Å². The summed E-state index contributed by atoms with van der Waals surface area (Å²) in [5.41, 5.74) is 4.09. The zero-order chi connectivity index (χ0) is 22.9. The molecule has 3 aromatic rings. The fourth-order valence-corrected chi connectivity index (χ4v) is 4.00. The van der Waals surface area contributed by atoms with E-state index in [2.05, 4.69) is 52.9 Å². The maximum absolute atomic E-state index is 8.70. The van der Waals surface area contributed by atoms with Gasteiger partial charge < -0.3 is 19.5 Å². The SMILES string of the molecule is CCCN(CCC)c1cccc2nc(Nc3ccc(Cl)cc3OCCCCC#N)n(C)c12. The number of fused-ring (bicyclic) bond motifs is 1. The Labute approximate surface area is 195 Å². The Balaban J connectivity index is 1.89. The van der Waals surface area contributed by atoms with Crippen LogP contribution in [0.5, 0.6) is 5.75 Å². The number of aromatic nitrogens is 2. The largest absolute Gasteiger partial charge is 0.491 e. The molecule has 0 aliphatic heterocycles. The molecule has 170 valence electrons. The second kappa shape index (κ2) is 11.6. The van der Waals surface area contributed by atoms with Gasteiger partial charge in [-0.25, -0.2) is 4.98 Å². The number of para-hydroxylation sites is 1. The first-order valence-electron chi connectivity index (χ1n) is 11.4. The highest BCUT2D eigenvalue weighted by molar-refractivity contribution is 6.30. The number of ether oxygens (including phenoxy) is 1. The highest BCUT2D eigenvalue weighted by atomic mass is 35.5. The van der Waals surface area contributed by atoms with Crippen molar-refractivity contribution in [3.8, 4) is 11.8 Å². The van der Waals surface area contributed by atoms with E-state index in [9.17, 15) is 0 Å². The molecule has 1 N–H and O–H groups in total. The number of hydrogen-bond acceptors (Lipinski definition) is 5. The normalized spacial score (nSPS) is 10.8. The molecule has 3 rings (SSSR count). The molecule has 0 bridgehead atoms. The number of nitriles is 1. The minimum Gasteiger partial charge on any atom is -0.491 e. The van der Waals surface area contributed by atoms with Gasteiger partial charge in [-0.1, -0.05) is 31.5 Å². The molecule has 2 aromatic carbocycles. The van der Waals surface area contributed by atoms with Crippen LogP contribution in [0.3, 0.4) is 0 Å². The van der Waals surface area contributed by atoms with Crippen molar-refractivity contribution in [1.82, 2.24) is 9.55 Å². The van der Waals surface area contributed by atoms with E-state index >= 15 is 0 Å². The molecule has 32 heavy (non-hydrogen) atoms. The van der Waals surface area contributed by atoms with Crippen molar-refractivity contribution in [1.29, 1.82) is 5.26 Å². The molecular formula is C25H32ClN5O. The molecule has 6 nitrogen and oxygen atoms in total. The molecule has 0 spiro atoms. The number of nitrogens with zero attached hydrogens (tertiary/aromatic N) is 4. The molecular weight excluding hydrogens is 422 g/mol. The second-order valence-corrected chi connectivity index (χ2v) is 8.29. The number of benzene rings is 2. The van der Waals surface area contributed by atoms with E-state index in [1.807, 2.05) is 25.2 Å². The first-order chi connectivity index (χ1) is 15.6. The summed E-state index contributed by atoms with van der Waals surface area (Å²) < 4.78 is 8.08. The molecule has 0 saturated heterocycles. The quantitative estimate of drug-likeness (QED) is 0.310. The fourth-order valence-electron chi connectivity index (χ4n) is 3.84. The van der Waals surface area contributed by atoms with Crippen molar-refractivity contribution < 1.29 is 4.74 Å². The Morgan fingerprint density at radius 2 is 1.94 bits per heavy atom. The average molecular weight is 454 g/mol. The van der Waals surface area contributed by atoms with E-state index < -0.39 is 0 Å². The number of anilines is 3. The zero-order valence-corrected chi connectivity index (χ0v) is 20.0. The van der Waals surface area contributed by atoms with E-state index in [0.29, 0.717) is 23.8 Å². The lowest BCUT2D eigenvalue weighted by Crippen LogP contribution is -2.25. The van der Waals surface area contributed by atoms with Gasteiger partial charge in [0.05, 0.1) is 35.1 Å². The van der Waals surface area contributed by atoms with Crippen LogP contribution >= 0.6 is 11.6 Å². The molecule has 0 atom stereocenters. The molecule has 0 aliphatic carbocycles. The third kappa shape index (κ3) is 5.66. The average Bonchev–Trinajstić information content (AvgIpc) is 3.10. The molecule has 7 heteroatoms. The van der Waals surface area contributed by atoms with Crippen LogP contribution in [0.1, 0.15) is 46.0 Å². The maximum Gasteiger partial charge on any atom is 0.208 e. The summed E-state index contributed by atoms with van der Waals surface area (Å²) in [6.07, 6.45) is 4.37. The van der Waals surface area contributed by atoms with Gasteiger partial charge in [0.15, 0.2) is 0 Å². The monoisotopic (exact) mass is 453 g/mol. The molecule has 0 amide bonds. The fraction of sp³-hybridized carbons (Fsp3) is 0.440. The molecule has 0 aliphatic rings. The van der Waals surface area contributed by atoms with Gasteiger partial charge in [-0.3, -0.25) is 0 Å². The Kier molecular flexibility index (Phi) is 8.64.